The Morgan fingerprint density at radius 1 is 0.708 bits per heavy atom. The van der Waals surface area contributed by atoms with Crippen LogP contribution in [0.25, 0.3) is 0 Å². The quantitative estimate of drug-likeness (QED) is 0.281. The van der Waals surface area contributed by atoms with E-state index >= 15 is 0 Å². The molecule has 0 aromatic carbocycles. The highest BCUT2D eigenvalue weighted by Crippen LogP contribution is 2.15. The van der Waals surface area contributed by atoms with E-state index in [4.69, 9.17) is 0 Å². The second-order valence-corrected chi connectivity index (χ2v) is 8.05. The zero-order valence-corrected chi connectivity index (χ0v) is 17.7. The summed E-state index contributed by atoms with van der Waals surface area (Å²) in [7, 11) is 0. The third-order valence-electron chi connectivity index (χ3n) is 4.89. The van der Waals surface area contributed by atoms with Gasteiger partial charge in [-0.3, -0.25) is 0 Å². The maximum atomic E-state index is 4.47. The van der Waals surface area contributed by atoms with Gasteiger partial charge in [-0.2, -0.15) is 0 Å². The summed E-state index contributed by atoms with van der Waals surface area (Å²) in [6, 6.07) is 0. The van der Waals surface area contributed by atoms with Crippen LogP contribution in [0.2, 0.25) is 0 Å². The summed E-state index contributed by atoms with van der Waals surface area (Å²) < 4.78 is 0.971. The van der Waals surface area contributed by atoms with Gasteiger partial charge in [-0.1, -0.05) is 96.8 Å². The molecule has 0 saturated carbocycles. The number of hydrogen-bond acceptors (Lipinski definition) is 1. The second kappa shape index (κ2) is 15.0. The highest BCUT2D eigenvalue weighted by atomic mass is 79.9. The lowest BCUT2D eigenvalue weighted by molar-refractivity contribution is 0.531. The summed E-state index contributed by atoms with van der Waals surface area (Å²) in [6.45, 7) is 4.35. The molecular weight excluding hydrogens is 360 g/mol. The third-order valence-corrected chi connectivity index (χ3v) is 5.66. The molecule has 1 aromatic rings. The van der Waals surface area contributed by atoms with Crippen LogP contribution in [0.4, 0.5) is 0 Å². The van der Waals surface area contributed by atoms with E-state index in [0.29, 0.717) is 0 Å². The van der Waals surface area contributed by atoms with Crippen molar-refractivity contribution in [3.8, 4) is 0 Å². The Morgan fingerprint density at radius 2 is 1.12 bits per heavy atom. The van der Waals surface area contributed by atoms with Gasteiger partial charge in [-0.15, -0.1) is 0 Å². The minimum absolute atomic E-state index is 0.971. The van der Waals surface area contributed by atoms with Crippen molar-refractivity contribution in [2.75, 3.05) is 0 Å². The smallest absolute Gasteiger partial charge is 0.127 e. The number of aromatic amines is 1. The normalized spacial score (nSPS) is 11.3. The maximum Gasteiger partial charge on any atom is 0.127 e. The first-order valence-corrected chi connectivity index (χ1v) is 11.2. The molecule has 1 aromatic heterocycles. The number of nitrogens with zero attached hydrogens (tertiary/aromatic N) is 1. The van der Waals surface area contributed by atoms with Crippen molar-refractivity contribution in [3.05, 3.63) is 16.1 Å². The second-order valence-electron chi connectivity index (χ2n) is 7.30. The molecule has 1 rings (SSSR count). The van der Waals surface area contributed by atoms with E-state index in [0.717, 1.165) is 22.5 Å². The van der Waals surface area contributed by atoms with Crippen LogP contribution in [0.5, 0.6) is 0 Å². The molecule has 0 atom stereocenters. The van der Waals surface area contributed by atoms with E-state index in [-0.39, 0.29) is 0 Å². The number of halogens is 1. The van der Waals surface area contributed by atoms with Crippen molar-refractivity contribution in [3.63, 3.8) is 0 Å². The molecule has 1 heterocycles. The Bertz CT molecular complexity index is 381. The zero-order valence-electron chi connectivity index (χ0n) is 16.1. The van der Waals surface area contributed by atoms with Crippen molar-refractivity contribution in [2.24, 2.45) is 0 Å². The molecule has 0 bridgehead atoms. The van der Waals surface area contributed by atoms with E-state index < -0.39 is 0 Å². The van der Waals surface area contributed by atoms with Gasteiger partial charge < -0.3 is 4.98 Å². The first kappa shape index (κ1) is 21.7. The zero-order chi connectivity index (χ0) is 17.5. The fraction of sp³-hybridized carbons (Fsp3) is 0.857. The first-order chi connectivity index (χ1) is 11.7. The summed E-state index contributed by atoms with van der Waals surface area (Å²) in [5.41, 5.74) is 1.14. The standard InChI is InChI=1S/C21H39BrN2/c1-3-4-5-6-7-8-9-10-11-12-13-14-15-16-17-18-20-23-19(2)21(22)24-20/h3-18H2,1-2H3,(H,23,24). The first-order valence-electron chi connectivity index (χ1n) is 10.4. The average Bonchev–Trinajstić information content (AvgIpc) is 2.89. The molecule has 3 heteroatoms. The predicted molar refractivity (Wildman–Crippen MR) is 110 cm³/mol. The monoisotopic (exact) mass is 398 g/mol. The minimum atomic E-state index is 0.971. The molecule has 0 saturated heterocycles. The SMILES string of the molecule is CCCCCCCCCCCCCCCCCc1nc(Br)c(C)[nH]1. The summed E-state index contributed by atoms with van der Waals surface area (Å²) in [5, 5.41) is 0. The molecule has 2 nitrogen and oxygen atoms in total. The number of hydrogen-bond donors (Lipinski definition) is 1. The Morgan fingerprint density at radius 3 is 1.50 bits per heavy atom. The number of unbranched alkanes of at least 4 members (excludes halogenated alkanes) is 14. The van der Waals surface area contributed by atoms with Crippen LogP contribution < -0.4 is 0 Å². The summed E-state index contributed by atoms with van der Waals surface area (Å²) in [5.74, 6) is 1.13. The van der Waals surface area contributed by atoms with Crippen LogP contribution in [0.1, 0.15) is 115 Å². The predicted octanol–water partition coefficient (Wildman–Crippen LogP) is 7.89. The van der Waals surface area contributed by atoms with Crippen LogP contribution in [-0.2, 0) is 6.42 Å². The largest absolute Gasteiger partial charge is 0.345 e. The number of rotatable bonds is 16. The van der Waals surface area contributed by atoms with Crippen LogP contribution in [-0.4, -0.2) is 9.97 Å². The number of nitrogens with one attached hydrogen (secondary N) is 1. The third kappa shape index (κ3) is 11.3. The molecule has 0 amide bonds. The molecule has 140 valence electrons. The van der Waals surface area contributed by atoms with E-state index in [2.05, 4.69) is 39.7 Å². The minimum Gasteiger partial charge on any atom is -0.345 e. The van der Waals surface area contributed by atoms with E-state index in [1.54, 1.807) is 0 Å². The van der Waals surface area contributed by atoms with Crippen molar-refractivity contribution in [1.29, 1.82) is 0 Å². The molecule has 0 aliphatic heterocycles. The van der Waals surface area contributed by atoms with Crippen LogP contribution in [0.3, 0.4) is 0 Å². The Hall–Kier alpha value is -0.310. The molecule has 0 radical (unpaired) electrons. The van der Waals surface area contributed by atoms with Gasteiger partial charge in [0.25, 0.3) is 0 Å². The van der Waals surface area contributed by atoms with Crippen molar-refractivity contribution in [1.82, 2.24) is 9.97 Å². The van der Waals surface area contributed by atoms with Crippen molar-refractivity contribution in [2.45, 2.75) is 117 Å². The molecule has 24 heavy (non-hydrogen) atoms. The molecule has 0 aliphatic carbocycles. The van der Waals surface area contributed by atoms with Crippen LogP contribution >= 0.6 is 15.9 Å². The molecule has 1 N–H and O–H groups in total. The number of imidazole rings is 1. The van der Waals surface area contributed by atoms with Gasteiger partial charge in [0.05, 0.1) is 0 Å². The summed E-state index contributed by atoms with van der Waals surface area (Å²) in [4.78, 5) is 7.81. The highest BCUT2D eigenvalue weighted by molar-refractivity contribution is 9.10. The molecule has 0 spiro atoms. The summed E-state index contributed by atoms with van der Waals surface area (Å²) >= 11 is 3.46. The van der Waals surface area contributed by atoms with Gasteiger partial charge >= 0.3 is 0 Å². The number of aromatic nitrogens is 2. The number of H-pyrrole nitrogens is 1. The average molecular weight is 399 g/mol. The Kier molecular flexibility index (Phi) is 13.6. The van der Waals surface area contributed by atoms with Gasteiger partial charge in [-0.05, 0) is 29.3 Å². The molecule has 0 unspecified atom stereocenters. The molecule has 0 fully saturated rings. The van der Waals surface area contributed by atoms with Gasteiger partial charge in [0, 0.05) is 12.1 Å². The maximum absolute atomic E-state index is 4.47. The fourth-order valence-corrected chi connectivity index (χ4v) is 3.59. The number of aryl methyl sites for hydroxylation is 2. The van der Waals surface area contributed by atoms with E-state index in [1.807, 2.05) is 0 Å². The van der Waals surface area contributed by atoms with Crippen molar-refractivity contribution < 1.29 is 0 Å². The van der Waals surface area contributed by atoms with E-state index in [1.165, 1.54) is 96.3 Å². The lowest BCUT2D eigenvalue weighted by Crippen LogP contribution is -1.89. The van der Waals surface area contributed by atoms with Gasteiger partial charge in [0.15, 0.2) is 0 Å². The Labute approximate surface area is 158 Å². The van der Waals surface area contributed by atoms with E-state index in [9.17, 15) is 0 Å². The van der Waals surface area contributed by atoms with Crippen molar-refractivity contribution >= 4 is 15.9 Å². The fourth-order valence-electron chi connectivity index (χ4n) is 3.28. The lowest BCUT2D eigenvalue weighted by Gasteiger charge is -2.03. The van der Waals surface area contributed by atoms with Crippen LogP contribution in [0, 0.1) is 6.92 Å². The molecule has 0 aliphatic rings. The summed E-state index contributed by atoms with van der Waals surface area (Å²) in [6.07, 6.45) is 22.4. The highest BCUT2D eigenvalue weighted by Gasteiger charge is 2.02. The van der Waals surface area contributed by atoms with Gasteiger partial charge in [0.1, 0.15) is 10.4 Å². The Balaban J connectivity index is 1.76. The van der Waals surface area contributed by atoms with Gasteiger partial charge in [-0.25, -0.2) is 4.98 Å². The van der Waals surface area contributed by atoms with Crippen LogP contribution in [0.15, 0.2) is 4.60 Å². The molecular formula is C21H39BrN2. The lowest BCUT2D eigenvalue weighted by atomic mass is 10.0. The van der Waals surface area contributed by atoms with Gasteiger partial charge in [0.2, 0.25) is 0 Å². The topological polar surface area (TPSA) is 28.7 Å².